The molecule has 2 aromatic heterocycles. The van der Waals surface area contributed by atoms with Crippen LogP contribution in [-0.2, 0) is 6.54 Å². The van der Waals surface area contributed by atoms with Crippen molar-refractivity contribution in [2.45, 2.75) is 20.4 Å². The molecule has 5 nitrogen and oxygen atoms in total. The zero-order valence-electron chi connectivity index (χ0n) is 9.51. The number of anilines is 1. The maximum atomic E-state index is 4.21. The molecule has 16 heavy (non-hydrogen) atoms. The molecule has 2 heterocycles. The van der Waals surface area contributed by atoms with E-state index in [0.717, 1.165) is 24.5 Å². The molecule has 2 rings (SSSR count). The second kappa shape index (κ2) is 4.74. The van der Waals surface area contributed by atoms with Gasteiger partial charge in [0.05, 0.1) is 18.9 Å². The van der Waals surface area contributed by atoms with Crippen LogP contribution in [-0.4, -0.2) is 26.5 Å². The number of rotatable bonds is 4. The van der Waals surface area contributed by atoms with Crippen LogP contribution in [0.3, 0.4) is 0 Å². The largest absolute Gasteiger partial charge is 0.367 e. The highest BCUT2D eigenvalue weighted by atomic mass is 15.3. The van der Waals surface area contributed by atoms with Crippen LogP contribution in [0.1, 0.15) is 11.1 Å². The average molecular weight is 217 g/mol. The van der Waals surface area contributed by atoms with Crippen molar-refractivity contribution in [3.63, 3.8) is 0 Å². The highest BCUT2D eigenvalue weighted by Crippen LogP contribution is 2.02. The van der Waals surface area contributed by atoms with E-state index in [1.807, 2.05) is 37.0 Å². The van der Waals surface area contributed by atoms with Crippen LogP contribution in [0.5, 0.6) is 0 Å². The van der Waals surface area contributed by atoms with E-state index in [1.165, 1.54) is 5.56 Å². The lowest BCUT2D eigenvalue weighted by atomic mass is 10.3. The van der Waals surface area contributed by atoms with Crippen molar-refractivity contribution >= 4 is 5.82 Å². The Morgan fingerprint density at radius 3 is 2.81 bits per heavy atom. The third-order valence-electron chi connectivity index (χ3n) is 2.20. The topological polar surface area (TPSA) is 55.6 Å². The molecule has 0 saturated carbocycles. The average Bonchev–Trinajstić information content (AvgIpc) is 2.64. The predicted octanol–water partition coefficient (Wildman–Crippen LogP) is 1.40. The van der Waals surface area contributed by atoms with E-state index in [-0.39, 0.29) is 0 Å². The maximum Gasteiger partial charge on any atom is 0.148 e. The van der Waals surface area contributed by atoms with Gasteiger partial charge in [-0.1, -0.05) is 0 Å². The predicted molar refractivity (Wildman–Crippen MR) is 62.2 cm³/mol. The Kier molecular flexibility index (Phi) is 3.14. The van der Waals surface area contributed by atoms with E-state index >= 15 is 0 Å². The van der Waals surface area contributed by atoms with Gasteiger partial charge in [0.15, 0.2) is 0 Å². The number of nitrogens with one attached hydrogen (secondary N) is 1. The summed E-state index contributed by atoms with van der Waals surface area (Å²) >= 11 is 0. The summed E-state index contributed by atoms with van der Waals surface area (Å²) in [5.41, 5.74) is 2.28. The molecule has 0 atom stereocenters. The molecule has 0 aliphatic heterocycles. The zero-order chi connectivity index (χ0) is 11.4. The molecule has 0 aromatic carbocycles. The lowest BCUT2D eigenvalue weighted by Gasteiger charge is -2.05. The van der Waals surface area contributed by atoms with E-state index in [0.29, 0.717) is 0 Å². The minimum Gasteiger partial charge on any atom is -0.367 e. The Balaban J connectivity index is 1.84. The van der Waals surface area contributed by atoms with Crippen molar-refractivity contribution in [3.8, 4) is 0 Å². The number of nitrogens with zero attached hydrogens (tertiary/aromatic N) is 4. The molecule has 1 N–H and O–H groups in total. The fourth-order valence-electron chi connectivity index (χ4n) is 1.44. The minimum atomic E-state index is 0.791. The first kappa shape index (κ1) is 10.6. The quantitative estimate of drug-likeness (QED) is 0.841. The molecule has 2 aromatic rings. The molecule has 0 spiro atoms. The molecule has 5 heteroatoms. The molecule has 0 unspecified atom stereocenters. The van der Waals surface area contributed by atoms with Gasteiger partial charge < -0.3 is 5.32 Å². The van der Waals surface area contributed by atoms with Gasteiger partial charge in [0.25, 0.3) is 0 Å². The summed E-state index contributed by atoms with van der Waals surface area (Å²) < 4.78 is 1.91. The number of aromatic nitrogens is 4. The third kappa shape index (κ3) is 2.79. The molecule has 0 radical (unpaired) electrons. The van der Waals surface area contributed by atoms with Gasteiger partial charge in [0.2, 0.25) is 0 Å². The van der Waals surface area contributed by atoms with Gasteiger partial charge >= 0.3 is 0 Å². The monoisotopic (exact) mass is 217 g/mol. The molecule has 0 bridgehead atoms. The molecule has 0 aliphatic carbocycles. The van der Waals surface area contributed by atoms with E-state index in [9.17, 15) is 0 Å². The first-order valence-corrected chi connectivity index (χ1v) is 5.26. The highest BCUT2D eigenvalue weighted by molar-refractivity contribution is 5.34. The van der Waals surface area contributed by atoms with Crippen LogP contribution in [0.15, 0.2) is 24.7 Å². The van der Waals surface area contributed by atoms with Gasteiger partial charge in [-0.15, -0.1) is 5.10 Å². The SMILES string of the molecule is Cc1cnnc(NCCn2cc(C)cn2)c1. The number of hydrogen-bond acceptors (Lipinski definition) is 4. The van der Waals surface area contributed by atoms with Crippen molar-refractivity contribution < 1.29 is 0 Å². The van der Waals surface area contributed by atoms with Crippen molar-refractivity contribution in [2.24, 2.45) is 0 Å². The third-order valence-corrected chi connectivity index (χ3v) is 2.20. The van der Waals surface area contributed by atoms with Crippen molar-refractivity contribution in [2.75, 3.05) is 11.9 Å². The van der Waals surface area contributed by atoms with E-state index in [2.05, 4.69) is 20.6 Å². The fourth-order valence-corrected chi connectivity index (χ4v) is 1.44. The lowest BCUT2D eigenvalue weighted by Crippen LogP contribution is -2.12. The lowest BCUT2D eigenvalue weighted by molar-refractivity contribution is 0.636. The second-order valence-corrected chi connectivity index (χ2v) is 3.83. The van der Waals surface area contributed by atoms with Crippen molar-refractivity contribution in [1.82, 2.24) is 20.0 Å². The first-order valence-electron chi connectivity index (χ1n) is 5.26. The van der Waals surface area contributed by atoms with Crippen LogP contribution >= 0.6 is 0 Å². The van der Waals surface area contributed by atoms with Gasteiger partial charge in [-0.3, -0.25) is 4.68 Å². The van der Waals surface area contributed by atoms with Gasteiger partial charge in [0, 0.05) is 12.7 Å². The summed E-state index contributed by atoms with van der Waals surface area (Å²) in [5.74, 6) is 0.809. The van der Waals surface area contributed by atoms with E-state index < -0.39 is 0 Å². The van der Waals surface area contributed by atoms with Crippen LogP contribution in [0, 0.1) is 13.8 Å². The van der Waals surface area contributed by atoms with Crippen LogP contribution in [0.2, 0.25) is 0 Å². The molecule has 0 saturated heterocycles. The summed E-state index contributed by atoms with van der Waals surface area (Å²) in [6, 6.07) is 1.97. The van der Waals surface area contributed by atoms with Gasteiger partial charge in [-0.25, -0.2) is 0 Å². The van der Waals surface area contributed by atoms with E-state index in [4.69, 9.17) is 0 Å². The fraction of sp³-hybridized carbons (Fsp3) is 0.364. The summed E-state index contributed by atoms with van der Waals surface area (Å²) in [6.45, 7) is 5.64. The normalized spacial score (nSPS) is 10.4. The van der Waals surface area contributed by atoms with Crippen LogP contribution in [0.25, 0.3) is 0 Å². The summed E-state index contributed by atoms with van der Waals surface area (Å²) in [7, 11) is 0. The molecule has 84 valence electrons. The van der Waals surface area contributed by atoms with Gasteiger partial charge in [0.1, 0.15) is 5.82 Å². The molecule has 0 fully saturated rings. The minimum absolute atomic E-state index is 0.791. The first-order chi connectivity index (χ1) is 7.74. The summed E-state index contributed by atoms with van der Waals surface area (Å²) in [5, 5.41) is 15.3. The molecule has 0 amide bonds. The molecular weight excluding hydrogens is 202 g/mol. The number of hydrogen-bond donors (Lipinski definition) is 1. The summed E-state index contributed by atoms with van der Waals surface area (Å²) in [6.07, 6.45) is 5.61. The number of aryl methyl sites for hydroxylation is 2. The zero-order valence-corrected chi connectivity index (χ0v) is 9.51. The summed E-state index contributed by atoms with van der Waals surface area (Å²) in [4.78, 5) is 0. The van der Waals surface area contributed by atoms with Crippen molar-refractivity contribution in [3.05, 3.63) is 35.8 Å². The Morgan fingerprint density at radius 2 is 2.12 bits per heavy atom. The maximum absolute atomic E-state index is 4.21. The van der Waals surface area contributed by atoms with Crippen LogP contribution < -0.4 is 5.32 Å². The van der Waals surface area contributed by atoms with Crippen molar-refractivity contribution in [1.29, 1.82) is 0 Å². The Bertz CT molecular complexity index is 463. The Labute approximate surface area is 94.5 Å². The van der Waals surface area contributed by atoms with Gasteiger partial charge in [-0.05, 0) is 31.0 Å². The standard InChI is InChI=1S/C11H15N5/c1-9-5-11(15-13-6-9)12-3-4-16-8-10(2)7-14-16/h5-8H,3-4H2,1-2H3,(H,12,15). The molecular formula is C11H15N5. The Morgan fingerprint density at radius 1 is 1.25 bits per heavy atom. The van der Waals surface area contributed by atoms with Gasteiger partial charge in [-0.2, -0.15) is 10.2 Å². The van der Waals surface area contributed by atoms with E-state index in [1.54, 1.807) is 6.20 Å². The van der Waals surface area contributed by atoms with Crippen LogP contribution in [0.4, 0.5) is 5.82 Å². The smallest absolute Gasteiger partial charge is 0.148 e. The highest BCUT2D eigenvalue weighted by Gasteiger charge is 1.96. The molecule has 0 aliphatic rings. The Hall–Kier alpha value is -1.91. The second-order valence-electron chi connectivity index (χ2n) is 3.83.